The molecule has 0 bridgehead atoms. The Balaban J connectivity index is 2.23. The number of rotatable bonds is 5. The second-order valence-corrected chi connectivity index (χ2v) is 6.54. The second kappa shape index (κ2) is 7.20. The summed E-state index contributed by atoms with van der Waals surface area (Å²) in [6, 6.07) is 4.00. The highest BCUT2D eigenvalue weighted by molar-refractivity contribution is 7.17. The van der Waals surface area contributed by atoms with E-state index < -0.39 is 28.8 Å². The third-order valence-corrected chi connectivity index (χ3v) is 4.63. The molecule has 0 fully saturated rings. The molecule has 0 spiro atoms. The first-order valence-electron chi connectivity index (χ1n) is 7.88. The lowest BCUT2D eigenvalue weighted by molar-refractivity contribution is -0.121. The molecule has 0 aliphatic heterocycles. The van der Waals surface area contributed by atoms with Crippen molar-refractivity contribution >= 4 is 27.5 Å². The maximum absolute atomic E-state index is 13.6. The van der Waals surface area contributed by atoms with Crippen LogP contribution in [-0.2, 0) is 11.3 Å². The summed E-state index contributed by atoms with van der Waals surface area (Å²) in [5, 5.41) is 4.27. The van der Waals surface area contributed by atoms with Crippen molar-refractivity contribution in [1.82, 2.24) is 14.5 Å². The molecule has 0 atom stereocenters. The van der Waals surface area contributed by atoms with Crippen molar-refractivity contribution in [2.24, 2.45) is 0 Å². The number of thiophene rings is 1. The highest BCUT2D eigenvalue weighted by Gasteiger charge is 2.18. The van der Waals surface area contributed by atoms with E-state index in [1.807, 2.05) is 6.92 Å². The predicted octanol–water partition coefficient (Wildman–Crippen LogP) is 2.02. The van der Waals surface area contributed by atoms with Crippen LogP contribution in [-0.4, -0.2) is 21.6 Å². The van der Waals surface area contributed by atoms with Crippen molar-refractivity contribution in [3.63, 3.8) is 0 Å². The Morgan fingerprint density at radius 1 is 1.19 bits per heavy atom. The van der Waals surface area contributed by atoms with E-state index in [-0.39, 0.29) is 16.9 Å². The summed E-state index contributed by atoms with van der Waals surface area (Å²) in [5.74, 6) is -2.22. The van der Waals surface area contributed by atoms with Gasteiger partial charge in [0.05, 0.1) is 11.2 Å². The second-order valence-electron chi connectivity index (χ2n) is 5.62. The summed E-state index contributed by atoms with van der Waals surface area (Å²) in [5.41, 5.74) is -1.44. The molecule has 0 unspecified atom stereocenters. The van der Waals surface area contributed by atoms with Crippen LogP contribution in [0.5, 0.6) is 0 Å². The Kier molecular flexibility index (Phi) is 4.99. The van der Waals surface area contributed by atoms with Gasteiger partial charge in [0.2, 0.25) is 5.91 Å². The Bertz CT molecular complexity index is 1080. The van der Waals surface area contributed by atoms with Crippen LogP contribution < -0.4 is 16.6 Å². The minimum Gasteiger partial charge on any atom is -0.355 e. The largest absolute Gasteiger partial charge is 0.355 e. The Hall–Kier alpha value is -2.81. The minimum atomic E-state index is -0.912. The van der Waals surface area contributed by atoms with Gasteiger partial charge in [-0.15, -0.1) is 11.3 Å². The molecule has 26 heavy (non-hydrogen) atoms. The first kappa shape index (κ1) is 18.0. The van der Waals surface area contributed by atoms with Crippen LogP contribution in [0.15, 0.2) is 39.2 Å². The monoisotopic (exact) mass is 379 g/mol. The molecule has 0 aliphatic carbocycles. The Morgan fingerprint density at radius 2 is 1.88 bits per heavy atom. The normalized spacial score (nSPS) is 11.0. The van der Waals surface area contributed by atoms with Crippen LogP contribution in [0.4, 0.5) is 8.78 Å². The molecular formula is C17H15F2N3O3S. The molecule has 1 aromatic carbocycles. The van der Waals surface area contributed by atoms with Gasteiger partial charge in [-0.1, -0.05) is 6.92 Å². The van der Waals surface area contributed by atoms with Gasteiger partial charge < -0.3 is 5.32 Å². The van der Waals surface area contributed by atoms with Gasteiger partial charge in [0.1, 0.15) is 22.9 Å². The number of hydrogen-bond acceptors (Lipinski definition) is 4. The number of amides is 1. The first-order valence-corrected chi connectivity index (χ1v) is 8.76. The first-order chi connectivity index (χ1) is 12.4. The van der Waals surface area contributed by atoms with Crippen molar-refractivity contribution < 1.29 is 13.6 Å². The zero-order chi connectivity index (χ0) is 18.8. The zero-order valence-corrected chi connectivity index (χ0v) is 14.6. The highest BCUT2D eigenvalue weighted by atomic mass is 32.1. The van der Waals surface area contributed by atoms with Gasteiger partial charge >= 0.3 is 5.69 Å². The van der Waals surface area contributed by atoms with Crippen molar-refractivity contribution in [3.8, 4) is 5.69 Å². The third-order valence-electron chi connectivity index (χ3n) is 3.73. The molecular weight excluding hydrogens is 364 g/mol. The Labute approximate surface area is 150 Å². The van der Waals surface area contributed by atoms with Gasteiger partial charge in [-0.2, -0.15) is 0 Å². The van der Waals surface area contributed by atoms with E-state index in [1.165, 1.54) is 0 Å². The van der Waals surface area contributed by atoms with Crippen molar-refractivity contribution in [2.75, 3.05) is 6.54 Å². The van der Waals surface area contributed by atoms with E-state index in [4.69, 9.17) is 0 Å². The van der Waals surface area contributed by atoms with Crippen LogP contribution in [0, 0.1) is 11.6 Å². The molecule has 3 rings (SSSR count). The quantitative estimate of drug-likeness (QED) is 0.737. The number of carbonyl (C=O) groups excluding carboxylic acids is 1. The molecule has 0 saturated heterocycles. The van der Waals surface area contributed by atoms with Crippen LogP contribution in [0.25, 0.3) is 15.9 Å². The van der Waals surface area contributed by atoms with E-state index in [0.29, 0.717) is 22.7 Å². The lowest BCUT2D eigenvalue weighted by Gasteiger charge is -2.12. The highest BCUT2D eigenvalue weighted by Crippen LogP contribution is 2.17. The van der Waals surface area contributed by atoms with E-state index in [0.717, 1.165) is 34.5 Å². The van der Waals surface area contributed by atoms with Gasteiger partial charge in [-0.25, -0.2) is 18.1 Å². The number of carbonyl (C=O) groups is 1. The number of hydrogen-bond donors (Lipinski definition) is 1. The summed E-state index contributed by atoms with van der Waals surface area (Å²) >= 11 is 1.09. The van der Waals surface area contributed by atoms with Gasteiger partial charge in [0.15, 0.2) is 0 Å². The van der Waals surface area contributed by atoms with Gasteiger partial charge in [0, 0.05) is 12.6 Å². The van der Waals surface area contributed by atoms with Crippen LogP contribution in [0.2, 0.25) is 0 Å². The molecule has 136 valence electrons. The Morgan fingerprint density at radius 3 is 2.54 bits per heavy atom. The van der Waals surface area contributed by atoms with E-state index in [2.05, 4.69) is 5.32 Å². The van der Waals surface area contributed by atoms with E-state index >= 15 is 0 Å². The fourth-order valence-corrected chi connectivity index (χ4v) is 3.42. The predicted molar refractivity (Wildman–Crippen MR) is 94.9 cm³/mol. The maximum Gasteiger partial charge on any atom is 0.336 e. The average molecular weight is 379 g/mol. The molecule has 9 heteroatoms. The number of nitrogens with zero attached hydrogens (tertiary/aromatic N) is 2. The zero-order valence-electron chi connectivity index (χ0n) is 13.8. The van der Waals surface area contributed by atoms with Crippen molar-refractivity contribution in [2.45, 2.75) is 19.9 Å². The molecule has 2 heterocycles. The number of halogens is 2. The average Bonchev–Trinajstić information content (AvgIpc) is 3.06. The molecule has 6 nitrogen and oxygen atoms in total. The topological polar surface area (TPSA) is 73.1 Å². The summed E-state index contributed by atoms with van der Waals surface area (Å²) in [4.78, 5) is 37.6. The molecule has 0 aliphatic rings. The smallest absolute Gasteiger partial charge is 0.336 e. The third kappa shape index (κ3) is 3.30. The fourth-order valence-electron chi connectivity index (χ4n) is 2.60. The van der Waals surface area contributed by atoms with Crippen LogP contribution in [0.1, 0.15) is 13.3 Å². The van der Waals surface area contributed by atoms with E-state index in [9.17, 15) is 23.2 Å². The molecule has 2 aromatic heterocycles. The summed E-state index contributed by atoms with van der Waals surface area (Å²) < 4.78 is 29.1. The molecule has 1 amide bonds. The number of benzene rings is 1. The molecule has 3 aromatic rings. The molecule has 1 N–H and O–H groups in total. The van der Waals surface area contributed by atoms with Crippen LogP contribution in [0.3, 0.4) is 0 Å². The summed E-state index contributed by atoms with van der Waals surface area (Å²) in [6.07, 6.45) is 0.733. The molecule has 0 saturated carbocycles. The van der Waals surface area contributed by atoms with Crippen LogP contribution >= 0.6 is 11.3 Å². The van der Waals surface area contributed by atoms with Gasteiger partial charge in [0.25, 0.3) is 5.56 Å². The fraction of sp³-hybridized carbons (Fsp3) is 0.235. The van der Waals surface area contributed by atoms with Crippen molar-refractivity contribution in [1.29, 1.82) is 0 Å². The number of fused-ring (bicyclic) bond motifs is 1. The lowest BCUT2D eigenvalue weighted by Crippen LogP contribution is -2.41. The summed E-state index contributed by atoms with van der Waals surface area (Å²) in [7, 11) is 0. The summed E-state index contributed by atoms with van der Waals surface area (Å²) in [6.45, 7) is 2.04. The van der Waals surface area contributed by atoms with E-state index in [1.54, 1.807) is 11.4 Å². The van der Waals surface area contributed by atoms with Crippen molar-refractivity contribution in [3.05, 3.63) is 62.1 Å². The standard InChI is InChI=1S/C17H15F2N3O3S/c1-2-4-20-14(23)9-21-13-3-5-26-15(13)16(24)22(17(21)25)12-7-10(18)6-11(19)8-12/h3,5-8H,2,4,9H2,1H3,(H,20,23). The lowest BCUT2D eigenvalue weighted by atomic mass is 10.3. The maximum atomic E-state index is 13.6. The van der Waals surface area contributed by atoms with Gasteiger partial charge in [-0.3, -0.25) is 14.2 Å². The molecule has 0 radical (unpaired) electrons. The SMILES string of the molecule is CCCNC(=O)Cn1c(=O)n(-c2cc(F)cc(F)c2)c(=O)c2sccc21. The van der Waals surface area contributed by atoms with Gasteiger partial charge in [-0.05, 0) is 30.0 Å². The number of aromatic nitrogens is 2. The minimum absolute atomic E-state index is 0.220. The number of nitrogens with one attached hydrogen (secondary N) is 1.